The van der Waals surface area contributed by atoms with Crippen LogP contribution in [-0.4, -0.2) is 19.7 Å². The number of methoxy groups -OCH3 is 1. The average molecular weight is 259 g/mol. The molecule has 1 atom stereocenters. The molecule has 0 spiro atoms. The Morgan fingerprint density at radius 3 is 2.67 bits per heavy atom. The SMILES string of the molecule is CCOC(=O)C[C@@H](N)c1c(F)ccc(OC)c1F. The van der Waals surface area contributed by atoms with Gasteiger partial charge in [-0.2, -0.15) is 0 Å². The molecule has 0 aliphatic heterocycles. The Balaban J connectivity index is 2.97. The zero-order chi connectivity index (χ0) is 13.7. The van der Waals surface area contributed by atoms with Crippen LogP contribution in [0.2, 0.25) is 0 Å². The van der Waals surface area contributed by atoms with Crippen LogP contribution in [0.4, 0.5) is 8.78 Å². The highest BCUT2D eigenvalue weighted by molar-refractivity contribution is 5.70. The summed E-state index contributed by atoms with van der Waals surface area (Å²) in [5, 5.41) is 0. The molecule has 1 aromatic rings. The van der Waals surface area contributed by atoms with Gasteiger partial charge in [0.25, 0.3) is 0 Å². The molecule has 2 N–H and O–H groups in total. The van der Waals surface area contributed by atoms with Crippen LogP contribution < -0.4 is 10.5 Å². The van der Waals surface area contributed by atoms with Gasteiger partial charge < -0.3 is 15.2 Å². The normalized spacial score (nSPS) is 12.1. The van der Waals surface area contributed by atoms with Crippen molar-refractivity contribution in [2.45, 2.75) is 19.4 Å². The number of carbonyl (C=O) groups is 1. The van der Waals surface area contributed by atoms with Crippen LogP contribution in [0, 0.1) is 11.6 Å². The molecule has 0 amide bonds. The van der Waals surface area contributed by atoms with Crippen LogP contribution >= 0.6 is 0 Å². The summed E-state index contributed by atoms with van der Waals surface area (Å²) in [6.07, 6.45) is -0.297. The predicted molar refractivity (Wildman–Crippen MR) is 61.1 cm³/mol. The van der Waals surface area contributed by atoms with Crippen molar-refractivity contribution in [2.24, 2.45) is 5.73 Å². The van der Waals surface area contributed by atoms with Gasteiger partial charge in [-0.3, -0.25) is 4.79 Å². The summed E-state index contributed by atoms with van der Waals surface area (Å²) in [7, 11) is 1.26. The van der Waals surface area contributed by atoms with E-state index in [-0.39, 0.29) is 24.3 Å². The number of hydrogen-bond acceptors (Lipinski definition) is 4. The molecule has 6 heteroatoms. The smallest absolute Gasteiger partial charge is 0.307 e. The molecule has 1 rings (SSSR count). The van der Waals surface area contributed by atoms with E-state index < -0.39 is 23.6 Å². The first-order chi connectivity index (χ1) is 8.51. The third kappa shape index (κ3) is 3.16. The Bertz CT molecular complexity index is 438. The van der Waals surface area contributed by atoms with Gasteiger partial charge >= 0.3 is 5.97 Å². The number of halogens is 2. The zero-order valence-corrected chi connectivity index (χ0v) is 10.2. The van der Waals surface area contributed by atoms with Gasteiger partial charge in [-0.05, 0) is 19.1 Å². The largest absolute Gasteiger partial charge is 0.494 e. The summed E-state index contributed by atoms with van der Waals surface area (Å²) < 4.78 is 36.8. The van der Waals surface area contributed by atoms with E-state index in [1.807, 2.05) is 0 Å². The molecular formula is C12H15F2NO3. The van der Waals surface area contributed by atoms with Crippen molar-refractivity contribution in [3.8, 4) is 5.75 Å². The molecule has 0 aliphatic rings. The zero-order valence-electron chi connectivity index (χ0n) is 10.2. The fourth-order valence-corrected chi connectivity index (χ4v) is 1.55. The number of carbonyl (C=O) groups excluding carboxylic acids is 1. The molecule has 0 saturated carbocycles. The van der Waals surface area contributed by atoms with Crippen LogP contribution in [0.3, 0.4) is 0 Å². The van der Waals surface area contributed by atoms with Gasteiger partial charge in [0.05, 0.1) is 20.1 Å². The standard InChI is InChI=1S/C12H15F2NO3/c1-3-18-10(16)6-8(15)11-7(13)4-5-9(17-2)12(11)14/h4-5,8H,3,6,15H2,1-2H3/t8-/m1/s1. The summed E-state index contributed by atoms with van der Waals surface area (Å²) >= 11 is 0. The summed E-state index contributed by atoms with van der Waals surface area (Å²) in [5.41, 5.74) is 5.24. The van der Waals surface area contributed by atoms with E-state index in [2.05, 4.69) is 4.74 Å². The molecule has 0 fully saturated rings. The minimum absolute atomic E-state index is 0.120. The van der Waals surface area contributed by atoms with Gasteiger partial charge in [0.2, 0.25) is 0 Å². The number of ether oxygens (including phenoxy) is 2. The lowest BCUT2D eigenvalue weighted by Gasteiger charge is -2.14. The second kappa shape index (κ2) is 6.30. The summed E-state index contributed by atoms with van der Waals surface area (Å²) in [4.78, 5) is 11.2. The summed E-state index contributed by atoms with van der Waals surface area (Å²) in [5.74, 6) is -2.43. The number of nitrogens with two attached hydrogens (primary N) is 1. The molecule has 0 aliphatic carbocycles. The molecule has 0 bridgehead atoms. The van der Waals surface area contributed by atoms with Gasteiger partial charge in [0.15, 0.2) is 11.6 Å². The maximum absolute atomic E-state index is 13.8. The first kappa shape index (κ1) is 14.4. The van der Waals surface area contributed by atoms with E-state index in [4.69, 9.17) is 10.5 Å². The lowest BCUT2D eigenvalue weighted by Crippen LogP contribution is -2.20. The fourth-order valence-electron chi connectivity index (χ4n) is 1.55. The highest BCUT2D eigenvalue weighted by Crippen LogP contribution is 2.28. The summed E-state index contributed by atoms with van der Waals surface area (Å²) in [6, 6.07) is 1.09. The molecule has 0 radical (unpaired) electrons. The van der Waals surface area contributed by atoms with E-state index in [1.54, 1.807) is 6.92 Å². The second-order valence-corrected chi connectivity index (χ2v) is 3.59. The van der Waals surface area contributed by atoms with Crippen molar-refractivity contribution in [1.82, 2.24) is 0 Å². The van der Waals surface area contributed by atoms with Gasteiger partial charge in [-0.25, -0.2) is 8.78 Å². The van der Waals surface area contributed by atoms with Crippen LogP contribution in [-0.2, 0) is 9.53 Å². The van der Waals surface area contributed by atoms with E-state index in [0.717, 1.165) is 12.1 Å². The molecule has 18 heavy (non-hydrogen) atoms. The van der Waals surface area contributed by atoms with Gasteiger partial charge in [-0.15, -0.1) is 0 Å². The molecule has 1 aromatic carbocycles. The van der Waals surface area contributed by atoms with Crippen molar-refractivity contribution in [3.05, 3.63) is 29.3 Å². The Labute approximate surface area is 104 Å². The molecule has 100 valence electrons. The van der Waals surface area contributed by atoms with Crippen LogP contribution in [0.25, 0.3) is 0 Å². The highest BCUT2D eigenvalue weighted by Gasteiger charge is 2.22. The van der Waals surface area contributed by atoms with Gasteiger partial charge in [0, 0.05) is 11.6 Å². The van der Waals surface area contributed by atoms with E-state index in [1.165, 1.54) is 7.11 Å². The van der Waals surface area contributed by atoms with Gasteiger partial charge in [0.1, 0.15) is 5.82 Å². The predicted octanol–water partition coefficient (Wildman–Crippen LogP) is 1.93. The molecule has 4 nitrogen and oxygen atoms in total. The second-order valence-electron chi connectivity index (χ2n) is 3.59. The number of esters is 1. The highest BCUT2D eigenvalue weighted by atomic mass is 19.1. The first-order valence-corrected chi connectivity index (χ1v) is 5.44. The molecule has 0 aromatic heterocycles. The quantitative estimate of drug-likeness (QED) is 0.821. The Hall–Kier alpha value is -1.69. The number of benzene rings is 1. The monoisotopic (exact) mass is 259 g/mol. The van der Waals surface area contributed by atoms with Crippen molar-refractivity contribution >= 4 is 5.97 Å². The summed E-state index contributed by atoms with van der Waals surface area (Å²) in [6.45, 7) is 1.82. The van der Waals surface area contributed by atoms with Crippen molar-refractivity contribution in [1.29, 1.82) is 0 Å². The van der Waals surface area contributed by atoms with Crippen molar-refractivity contribution < 1.29 is 23.0 Å². The van der Waals surface area contributed by atoms with E-state index >= 15 is 0 Å². The Morgan fingerprint density at radius 2 is 2.11 bits per heavy atom. The third-order valence-electron chi connectivity index (χ3n) is 2.37. The lowest BCUT2D eigenvalue weighted by atomic mass is 10.0. The Morgan fingerprint density at radius 1 is 1.44 bits per heavy atom. The maximum atomic E-state index is 13.8. The molecular weight excluding hydrogens is 244 g/mol. The minimum Gasteiger partial charge on any atom is -0.494 e. The number of hydrogen-bond donors (Lipinski definition) is 1. The van der Waals surface area contributed by atoms with Crippen LogP contribution in [0.1, 0.15) is 24.9 Å². The molecule has 0 saturated heterocycles. The lowest BCUT2D eigenvalue weighted by molar-refractivity contribution is -0.143. The average Bonchev–Trinajstić information content (AvgIpc) is 2.29. The Kier molecular flexibility index (Phi) is 5.03. The van der Waals surface area contributed by atoms with Crippen LogP contribution in [0.5, 0.6) is 5.75 Å². The van der Waals surface area contributed by atoms with E-state index in [9.17, 15) is 13.6 Å². The van der Waals surface area contributed by atoms with E-state index in [0.29, 0.717) is 0 Å². The maximum Gasteiger partial charge on any atom is 0.307 e. The van der Waals surface area contributed by atoms with Crippen LogP contribution in [0.15, 0.2) is 12.1 Å². The molecule has 0 unspecified atom stereocenters. The molecule has 0 heterocycles. The first-order valence-electron chi connectivity index (χ1n) is 5.44. The van der Waals surface area contributed by atoms with Crippen molar-refractivity contribution in [2.75, 3.05) is 13.7 Å². The van der Waals surface area contributed by atoms with Crippen molar-refractivity contribution in [3.63, 3.8) is 0 Å². The minimum atomic E-state index is -1.11. The third-order valence-corrected chi connectivity index (χ3v) is 2.37. The van der Waals surface area contributed by atoms with Gasteiger partial charge in [-0.1, -0.05) is 0 Å². The topological polar surface area (TPSA) is 61.5 Å². The number of rotatable bonds is 5. The fraction of sp³-hybridized carbons (Fsp3) is 0.417.